The second kappa shape index (κ2) is 10.1. The van der Waals surface area contributed by atoms with Gasteiger partial charge in [0.25, 0.3) is 0 Å². The number of hydrogen-bond donors (Lipinski definition) is 0. The Morgan fingerprint density at radius 3 is 1.82 bits per heavy atom. The fourth-order valence-corrected chi connectivity index (χ4v) is 8.19. The third-order valence-corrected chi connectivity index (χ3v) is 9.97. The predicted octanol–water partition coefficient (Wildman–Crippen LogP) is 7.03. The first kappa shape index (κ1) is 24.0. The molecule has 0 aliphatic carbocycles. The minimum absolute atomic E-state index is 0.393. The second-order valence-corrected chi connectivity index (χ2v) is 12.8. The molecule has 0 amide bonds. The van der Waals surface area contributed by atoms with Gasteiger partial charge in [0, 0.05) is 0 Å². The molecule has 0 spiro atoms. The number of rotatable bonds is 8. The summed E-state index contributed by atoms with van der Waals surface area (Å²) in [5.41, 5.74) is 4.71. The molecule has 1 heterocycles. The summed E-state index contributed by atoms with van der Waals surface area (Å²) in [6.07, 6.45) is 3.33. The Morgan fingerprint density at radius 2 is 1.39 bits per heavy atom. The van der Waals surface area contributed by atoms with Crippen molar-refractivity contribution in [1.29, 1.82) is 0 Å². The van der Waals surface area contributed by atoms with Crippen LogP contribution in [0, 0.1) is 11.8 Å². The van der Waals surface area contributed by atoms with E-state index in [0.717, 1.165) is 5.92 Å². The first-order valence-electron chi connectivity index (χ1n) is 11.5. The van der Waals surface area contributed by atoms with Crippen molar-refractivity contribution in [2.75, 3.05) is 0 Å². The molecule has 0 radical (unpaired) electrons. The van der Waals surface area contributed by atoms with Gasteiger partial charge in [-0.2, -0.15) is 0 Å². The number of hydrogen-bond acceptors (Lipinski definition) is 1. The van der Waals surface area contributed by atoms with Crippen molar-refractivity contribution >= 4 is 19.4 Å². The Bertz CT molecular complexity index is 602. The van der Waals surface area contributed by atoms with Gasteiger partial charge in [0.15, 0.2) is 0 Å². The van der Waals surface area contributed by atoms with Crippen molar-refractivity contribution < 1.29 is 4.74 Å². The molecule has 1 aromatic carbocycles. The molecule has 1 nitrogen and oxygen atoms in total. The van der Waals surface area contributed by atoms with E-state index in [-0.39, 0.29) is 0 Å². The maximum absolute atomic E-state index is 6.49. The van der Waals surface area contributed by atoms with E-state index < -0.39 is 0 Å². The Balaban J connectivity index is 2.44. The zero-order chi connectivity index (χ0) is 21.2. The molecule has 0 aromatic heterocycles. The standard InChI is InChI=1S/C26H44OSe/c1-15(2)11-12-24-25(19(9)20(10)27-24)28-26-22(17(5)6)13-21(16(3)4)14-23(26)18(7)8/h13-20,24-25H,11-12H2,1-10H3/t19-,20+,24+,25+/m1/s1. The summed E-state index contributed by atoms with van der Waals surface area (Å²) in [5.74, 6) is 3.16. The van der Waals surface area contributed by atoms with Crippen molar-refractivity contribution in [3.63, 3.8) is 0 Å². The van der Waals surface area contributed by atoms with E-state index in [2.05, 4.69) is 81.4 Å². The molecule has 1 aromatic rings. The summed E-state index contributed by atoms with van der Waals surface area (Å²) in [5, 5.41) is 0. The molecule has 28 heavy (non-hydrogen) atoms. The third-order valence-electron chi connectivity index (χ3n) is 6.38. The van der Waals surface area contributed by atoms with Crippen LogP contribution in [0.5, 0.6) is 0 Å². The molecule has 2 rings (SSSR count). The predicted molar refractivity (Wildman–Crippen MR) is 125 cm³/mol. The van der Waals surface area contributed by atoms with E-state index in [0.29, 0.717) is 55.7 Å². The quantitative estimate of drug-likeness (QED) is 0.385. The summed E-state index contributed by atoms with van der Waals surface area (Å²) >= 11 is 0.459. The van der Waals surface area contributed by atoms with Gasteiger partial charge in [0.1, 0.15) is 0 Å². The summed E-state index contributed by atoms with van der Waals surface area (Å²) in [6, 6.07) is 5.04. The van der Waals surface area contributed by atoms with Crippen LogP contribution < -0.4 is 4.46 Å². The van der Waals surface area contributed by atoms with Gasteiger partial charge in [-0.15, -0.1) is 0 Å². The maximum atomic E-state index is 6.49. The van der Waals surface area contributed by atoms with E-state index in [4.69, 9.17) is 4.74 Å². The molecule has 4 atom stereocenters. The summed E-state index contributed by atoms with van der Waals surface area (Å²) in [4.78, 5) is 0.696. The molecule has 1 aliphatic heterocycles. The fraction of sp³-hybridized carbons (Fsp3) is 0.769. The van der Waals surface area contributed by atoms with E-state index in [1.165, 1.54) is 18.4 Å². The SMILES string of the molecule is CC(C)CC[C@@H]1O[C@@H](C)[C@@H](C)[C@@H]1[Se]c1c(C(C)C)cc(C(C)C)cc1C(C)C. The van der Waals surface area contributed by atoms with Gasteiger partial charge in [-0.3, -0.25) is 0 Å². The van der Waals surface area contributed by atoms with Gasteiger partial charge in [-0.1, -0.05) is 0 Å². The zero-order valence-electron chi connectivity index (χ0n) is 20.0. The van der Waals surface area contributed by atoms with Crippen LogP contribution in [-0.4, -0.2) is 27.2 Å². The molecule has 0 unspecified atom stereocenters. The number of benzene rings is 1. The average molecular weight is 452 g/mol. The van der Waals surface area contributed by atoms with Crippen LogP contribution in [0.2, 0.25) is 4.82 Å². The molecular formula is C26H44OSe. The second-order valence-electron chi connectivity index (χ2n) is 10.3. The van der Waals surface area contributed by atoms with Crippen molar-refractivity contribution in [2.24, 2.45) is 11.8 Å². The molecule has 1 fully saturated rings. The number of ether oxygens (including phenoxy) is 1. The molecule has 2 heteroatoms. The molecular weight excluding hydrogens is 407 g/mol. The Morgan fingerprint density at radius 1 is 0.857 bits per heavy atom. The Kier molecular flexibility index (Phi) is 8.68. The summed E-state index contributed by atoms with van der Waals surface area (Å²) in [6.45, 7) is 23.5. The first-order chi connectivity index (χ1) is 13.0. The molecule has 1 aliphatic rings. The topological polar surface area (TPSA) is 9.23 Å². The van der Waals surface area contributed by atoms with Crippen molar-refractivity contribution in [3.05, 3.63) is 28.8 Å². The molecule has 0 bridgehead atoms. The van der Waals surface area contributed by atoms with Crippen molar-refractivity contribution in [2.45, 2.75) is 117 Å². The fourth-order valence-electron chi connectivity index (χ4n) is 4.16. The van der Waals surface area contributed by atoms with Crippen LogP contribution in [0.3, 0.4) is 0 Å². The van der Waals surface area contributed by atoms with E-state index in [9.17, 15) is 0 Å². The van der Waals surface area contributed by atoms with Crippen LogP contribution in [0.25, 0.3) is 0 Å². The van der Waals surface area contributed by atoms with Crippen LogP contribution in [0.1, 0.15) is 117 Å². The van der Waals surface area contributed by atoms with Crippen LogP contribution in [0.4, 0.5) is 0 Å². The van der Waals surface area contributed by atoms with Gasteiger partial charge in [-0.05, 0) is 0 Å². The van der Waals surface area contributed by atoms with Crippen molar-refractivity contribution in [1.82, 2.24) is 0 Å². The molecule has 160 valence electrons. The van der Waals surface area contributed by atoms with E-state index in [1.54, 1.807) is 15.6 Å². The summed E-state index contributed by atoms with van der Waals surface area (Å²) < 4.78 is 8.17. The van der Waals surface area contributed by atoms with Crippen LogP contribution >= 0.6 is 0 Å². The average Bonchev–Trinajstić information content (AvgIpc) is 2.87. The van der Waals surface area contributed by atoms with Gasteiger partial charge < -0.3 is 0 Å². The zero-order valence-corrected chi connectivity index (χ0v) is 21.7. The van der Waals surface area contributed by atoms with Crippen molar-refractivity contribution in [3.8, 4) is 0 Å². The van der Waals surface area contributed by atoms with Gasteiger partial charge in [-0.25, -0.2) is 0 Å². The molecule has 0 saturated carbocycles. The van der Waals surface area contributed by atoms with Crippen LogP contribution in [-0.2, 0) is 4.74 Å². The summed E-state index contributed by atoms with van der Waals surface area (Å²) in [7, 11) is 0. The van der Waals surface area contributed by atoms with Gasteiger partial charge >= 0.3 is 182 Å². The van der Waals surface area contributed by atoms with Crippen LogP contribution in [0.15, 0.2) is 12.1 Å². The molecule has 0 N–H and O–H groups in total. The van der Waals surface area contributed by atoms with Gasteiger partial charge in [0.2, 0.25) is 0 Å². The molecule has 1 saturated heterocycles. The first-order valence-corrected chi connectivity index (χ1v) is 13.4. The third kappa shape index (κ3) is 5.65. The Hall–Kier alpha value is -0.301. The van der Waals surface area contributed by atoms with E-state index >= 15 is 0 Å². The monoisotopic (exact) mass is 452 g/mol. The van der Waals surface area contributed by atoms with Gasteiger partial charge in [0.05, 0.1) is 0 Å². The van der Waals surface area contributed by atoms with E-state index in [1.807, 2.05) is 0 Å². The Labute approximate surface area is 181 Å². The normalized spacial score (nSPS) is 25.6. The minimum atomic E-state index is 0.393.